The van der Waals surface area contributed by atoms with E-state index in [1.54, 1.807) is 4.81 Å². The van der Waals surface area contributed by atoms with Crippen molar-refractivity contribution >= 4 is 23.7 Å². The summed E-state index contributed by atoms with van der Waals surface area (Å²) in [7, 11) is -4.27. The van der Waals surface area contributed by atoms with Crippen LogP contribution in [0.2, 0.25) is 0 Å². The predicted molar refractivity (Wildman–Crippen MR) is 53.2 cm³/mol. The van der Waals surface area contributed by atoms with Gasteiger partial charge in [-0.15, -0.1) is 0 Å². The Labute approximate surface area is 97.3 Å². The van der Waals surface area contributed by atoms with Crippen molar-refractivity contribution < 1.29 is 30.6 Å². The third-order valence-corrected chi connectivity index (χ3v) is 3.39. The van der Waals surface area contributed by atoms with Crippen molar-refractivity contribution in [3.63, 3.8) is 0 Å². The van der Waals surface area contributed by atoms with Crippen LogP contribution in [-0.4, -0.2) is 51.5 Å². The van der Waals surface area contributed by atoms with E-state index < -0.39 is 21.7 Å². The van der Waals surface area contributed by atoms with E-state index in [1.165, 1.54) is 7.41 Å². The van der Waals surface area contributed by atoms with Gasteiger partial charge in [0.1, 0.15) is 0 Å². The zero-order chi connectivity index (χ0) is 13.1. The minimum absolute atomic E-state index is 0.125. The SMILES string of the molecule is O=C[B]N1CCC(OS(=O)(=O)C(F)(F)F)CC1. The summed E-state index contributed by atoms with van der Waals surface area (Å²) in [6.45, 7) is 0.577. The minimum Gasteiger partial charge on any atom is -0.340 e. The summed E-state index contributed by atoms with van der Waals surface area (Å²) >= 11 is 0. The Hall–Kier alpha value is -0.605. The average molecular weight is 272 g/mol. The second kappa shape index (κ2) is 5.36. The monoisotopic (exact) mass is 272 g/mol. The predicted octanol–water partition coefficient (Wildman–Crippen LogP) is 0.126. The Bertz CT molecular complexity index is 364. The first-order valence-corrected chi connectivity index (χ1v) is 6.19. The van der Waals surface area contributed by atoms with Crippen molar-refractivity contribution in [3.05, 3.63) is 0 Å². The fourth-order valence-corrected chi connectivity index (χ4v) is 2.10. The molecule has 0 spiro atoms. The van der Waals surface area contributed by atoms with E-state index in [0.717, 1.165) is 0 Å². The maximum absolute atomic E-state index is 12.0. The van der Waals surface area contributed by atoms with Gasteiger partial charge in [-0.3, -0.25) is 4.18 Å². The van der Waals surface area contributed by atoms with Gasteiger partial charge in [-0.05, 0) is 25.9 Å². The topological polar surface area (TPSA) is 63.7 Å². The molecule has 17 heavy (non-hydrogen) atoms. The summed E-state index contributed by atoms with van der Waals surface area (Å²) < 4.78 is 61.5. The lowest BCUT2D eigenvalue weighted by Gasteiger charge is -2.29. The molecule has 1 saturated heterocycles. The molecule has 1 radical (unpaired) electrons. The molecular formula is C7H10BF3NO4S. The van der Waals surface area contributed by atoms with Crippen LogP contribution < -0.4 is 0 Å². The van der Waals surface area contributed by atoms with Crippen molar-refractivity contribution in [1.29, 1.82) is 0 Å². The first kappa shape index (κ1) is 14.5. The highest BCUT2D eigenvalue weighted by molar-refractivity contribution is 7.87. The Kier molecular flexibility index (Phi) is 4.56. The maximum atomic E-state index is 12.0. The molecule has 1 rings (SSSR count). The summed E-state index contributed by atoms with van der Waals surface area (Å²) in [6.07, 6.45) is -0.176. The second-order valence-electron chi connectivity index (χ2n) is 3.52. The molecule has 1 fully saturated rings. The molecular weight excluding hydrogens is 262 g/mol. The van der Waals surface area contributed by atoms with Crippen LogP contribution >= 0.6 is 0 Å². The second-order valence-corrected chi connectivity index (χ2v) is 5.08. The van der Waals surface area contributed by atoms with E-state index in [2.05, 4.69) is 4.18 Å². The van der Waals surface area contributed by atoms with Crippen molar-refractivity contribution in [2.45, 2.75) is 24.5 Å². The summed E-state index contributed by atoms with van der Waals surface area (Å²) in [5.41, 5.74) is -5.39. The molecule has 0 aromatic heterocycles. The average Bonchev–Trinajstić information content (AvgIpc) is 2.19. The van der Waals surface area contributed by atoms with Gasteiger partial charge in [-0.25, -0.2) is 0 Å². The van der Waals surface area contributed by atoms with Gasteiger partial charge in [0.05, 0.1) is 12.3 Å². The third kappa shape index (κ3) is 3.96. The summed E-state index contributed by atoms with van der Waals surface area (Å²) in [5.74, 6) is 0. The van der Waals surface area contributed by atoms with Crippen molar-refractivity contribution in [3.8, 4) is 0 Å². The van der Waals surface area contributed by atoms with E-state index in [-0.39, 0.29) is 25.9 Å². The van der Waals surface area contributed by atoms with Crippen LogP contribution in [0.15, 0.2) is 0 Å². The van der Waals surface area contributed by atoms with Crippen LogP contribution in [0.1, 0.15) is 12.8 Å². The molecule has 0 saturated carbocycles. The van der Waals surface area contributed by atoms with Crippen LogP contribution in [0.25, 0.3) is 0 Å². The number of nitrogens with zero attached hydrogens (tertiary/aromatic N) is 1. The fourth-order valence-electron chi connectivity index (χ4n) is 1.44. The Morgan fingerprint density at radius 2 is 1.82 bits per heavy atom. The maximum Gasteiger partial charge on any atom is 0.523 e. The lowest BCUT2D eigenvalue weighted by atomic mass is 9.90. The van der Waals surface area contributed by atoms with E-state index in [1.807, 2.05) is 0 Å². The van der Waals surface area contributed by atoms with Crippen molar-refractivity contribution in [1.82, 2.24) is 4.81 Å². The van der Waals surface area contributed by atoms with Gasteiger partial charge in [0.2, 0.25) is 0 Å². The molecule has 1 aliphatic rings. The third-order valence-electron chi connectivity index (χ3n) is 2.29. The number of rotatable bonds is 4. The number of carbonyl (C=O) groups excluding carboxylic acids is 1. The smallest absolute Gasteiger partial charge is 0.340 e. The van der Waals surface area contributed by atoms with Gasteiger partial charge in [0, 0.05) is 0 Å². The van der Waals surface area contributed by atoms with Crippen molar-refractivity contribution in [2.24, 2.45) is 0 Å². The van der Waals surface area contributed by atoms with Gasteiger partial charge in [-0.1, -0.05) is 0 Å². The van der Waals surface area contributed by atoms with E-state index in [4.69, 9.17) is 0 Å². The van der Waals surface area contributed by atoms with Crippen LogP contribution in [0.3, 0.4) is 0 Å². The number of hydrogen-bond donors (Lipinski definition) is 0. The molecule has 0 amide bonds. The largest absolute Gasteiger partial charge is 0.523 e. The van der Waals surface area contributed by atoms with Gasteiger partial charge in [0.15, 0.2) is 0 Å². The standard InChI is InChI=1S/C7H10BF3NO4S/c9-7(10,11)17(14,15)16-6-1-3-12(4-2-6)8-5-13/h5-6H,1-4H2. The zero-order valence-electron chi connectivity index (χ0n) is 8.68. The number of piperidine rings is 1. The number of alkyl halides is 3. The van der Waals surface area contributed by atoms with E-state index >= 15 is 0 Å². The van der Waals surface area contributed by atoms with Gasteiger partial charge in [-0.2, -0.15) is 21.6 Å². The number of halogens is 3. The zero-order valence-corrected chi connectivity index (χ0v) is 9.50. The summed E-state index contributed by atoms with van der Waals surface area (Å²) in [6, 6.07) is 0. The molecule has 0 unspecified atom stereocenters. The molecule has 0 N–H and O–H groups in total. The highest BCUT2D eigenvalue weighted by Gasteiger charge is 2.48. The van der Waals surface area contributed by atoms with Gasteiger partial charge in [0.25, 0.3) is 7.41 Å². The molecule has 1 heterocycles. The van der Waals surface area contributed by atoms with Gasteiger partial charge >= 0.3 is 15.6 Å². The molecule has 10 heteroatoms. The van der Waals surface area contributed by atoms with Crippen LogP contribution in [0.4, 0.5) is 13.2 Å². The molecule has 97 valence electrons. The summed E-state index contributed by atoms with van der Waals surface area (Å²) in [4.78, 5) is 11.7. The van der Waals surface area contributed by atoms with E-state index in [0.29, 0.717) is 6.19 Å². The highest BCUT2D eigenvalue weighted by atomic mass is 32.2. The first-order valence-electron chi connectivity index (χ1n) is 4.78. The lowest BCUT2D eigenvalue weighted by Crippen LogP contribution is -2.41. The number of hydrogen-bond acceptors (Lipinski definition) is 5. The van der Waals surface area contributed by atoms with Gasteiger partial charge < -0.3 is 9.61 Å². The molecule has 0 aliphatic carbocycles. The quantitative estimate of drug-likeness (QED) is 0.315. The molecule has 5 nitrogen and oxygen atoms in total. The normalized spacial score (nSPS) is 20.2. The minimum atomic E-state index is -5.53. The first-order chi connectivity index (χ1) is 7.76. The molecule has 0 atom stereocenters. The Morgan fingerprint density at radius 1 is 1.29 bits per heavy atom. The molecule has 0 bridgehead atoms. The fraction of sp³-hybridized carbons (Fsp3) is 0.857. The Morgan fingerprint density at radius 3 is 2.24 bits per heavy atom. The van der Waals surface area contributed by atoms with Crippen molar-refractivity contribution in [2.75, 3.05) is 13.1 Å². The van der Waals surface area contributed by atoms with Crippen LogP contribution in [-0.2, 0) is 19.1 Å². The van der Waals surface area contributed by atoms with Crippen LogP contribution in [0.5, 0.6) is 0 Å². The molecule has 1 aliphatic heterocycles. The lowest BCUT2D eigenvalue weighted by molar-refractivity contribution is -0.0587. The Balaban J connectivity index is 2.49. The number of carbonyl (C=O) groups is 1. The summed E-state index contributed by atoms with van der Waals surface area (Å²) in [5, 5.41) is 0. The van der Waals surface area contributed by atoms with E-state index in [9.17, 15) is 26.4 Å². The van der Waals surface area contributed by atoms with Crippen LogP contribution in [0, 0.1) is 0 Å². The molecule has 0 aromatic carbocycles. The molecule has 0 aromatic rings. The highest BCUT2D eigenvalue weighted by Crippen LogP contribution is 2.27.